The summed E-state index contributed by atoms with van der Waals surface area (Å²) >= 11 is 1.34. The summed E-state index contributed by atoms with van der Waals surface area (Å²) < 4.78 is 5.44. The van der Waals surface area contributed by atoms with Gasteiger partial charge in [0, 0.05) is 22.1 Å². The first-order chi connectivity index (χ1) is 13.7. The number of rotatable bonds is 2. The first-order valence-electron chi connectivity index (χ1n) is 8.51. The van der Waals surface area contributed by atoms with Gasteiger partial charge in [0.1, 0.15) is 0 Å². The van der Waals surface area contributed by atoms with Crippen LogP contribution in [0.15, 0.2) is 77.0 Å². The Balaban J connectivity index is 1.63. The highest BCUT2D eigenvalue weighted by atomic mass is 32.1. The Bertz CT molecular complexity index is 1340. The second kappa shape index (κ2) is 6.42. The van der Waals surface area contributed by atoms with Crippen LogP contribution in [0.25, 0.3) is 21.3 Å². The number of hydrogen-bond acceptors (Lipinski definition) is 5. The number of ketones is 1. The van der Waals surface area contributed by atoms with Crippen LogP contribution >= 0.6 is 11.5 Å². The molecule has 4 aromatic rings. The lowest BCUT2D eigenvalue weighted by atomic mass is 9.87. The topological polar surface area (TPSA) is 85.8 Å². The van der Waals surface area contributed by atoms with Gasteiger partial charge < -0.3 is 0 Å². The van der Waals surface area contributed by atoms with Gasteiger partial charge in [-0.05, 0) is 35.8 Å². The average Bonchev–Trinajstić information content (AvgIpc) is 3.17. The summed E-state index contributed by atoms with van der Waals surface area (Å²) in [5.41, 5.74) is 3.43. The summed E-state index contributed by atoms with van der Waals surface area (Å²) in [6, 6.07) is 19.6. The molecule has 1 aliphatic carbocycles. The molecule has 1 aromatic heterocycles. The second-order valence-corrected chi connectivity index (χ2v) is 7.00. The molecule has 0 unspecified atom stereocenters. The summed E-state index contributed by atoms with van der Waals surface area (Å²) in [4.78, 5) is 28.9. The van der Waals surface area contributed by atoms with Crippen molar-refractivity contribution in [3.8, 4) is 11.3 Å². The van der Waals surface area contributed by atoms with Crippen molar-refractivity contribution < 1.29 is 9.59 Å². The molecule has 0 saturated carbocycles. The molecule has 7 heteroatoms. The van der Waals surface area contributed by atoms with Gasteiger partial charge in [0.05, 0.1) is 16.0 Å². The lowest BCUT2D eigenvalue weighted by Gasteiger charge is -2.14. The molecule has 0 fully saturated rings. The molecule has 0 bridgehead atoms. The van der Waals surface area contributed by atoms with Gasteiger partial charge in [0.2, 0.25) is 10.0 Å². The molecule has 5 rings (SSSR count). The Morgan fingerprint density at radius 3 is 2.50 bits per heavy atom. The quantitative estimate of drug-likeness (QED) is 0.319. The van der Waals surface area contributed by atoms with Gasteiger partial charge in [0.15, 0.2) is 16.6 Å². The highest BCUT2D eigenvalue weighted by molar-refractivity contribution is 7.13. The third-order valence-electron chi connectivity index (χ3n) is 4.58. The molecule has 0 N–H and O–H groups in total. The second-order valence-electron chi connectivity index (χ2n) is 6.20. The van der Waals surface area contributed by atoms with Crippen LogP contribution in [0.1, 0.15) is 26.3 Å². The van der Waals surface area contributed by atoms with Crippen molar-refractivity contribution in [2.24, 2.45) is 10.2 Å². The lowest BCUT2D eigenvalue weighted by Crippen LogP contribution is -2.09. The monoisotopic (exact) mass is 383 g/mol. The minimum absolute atomic E-state index is 0.128. The first kappa shape index (κ1) is 16.4. The number of benzene rings is 3. The predicted molar refractivity (Wildman–Crippen MR) is 106 cm³/mol. The Morgan fingerprint density at radius 2 is 1.68 bits per heavy atom. The van der Waals surface area contributed by atoms with E-state index < -0.39 is 5.91 Å². The third kappa shape index (κ3) is 2.50. The molecule has 1 amide bonds. The predicted octanol–water partition coefficient (Wildman–Crippen LogP) is 4.95. The summed E-state index contributed by atoms with van der Waals surface area (Å²) in [7, 11) is 0. The minimum Gasteiger partial charge on any atom is -0.288 e. The van der Waals surface area contributed by atoms with Crippen LogP contribution in [0, 0.1) is 0 Å². The van der Waals surface area contributed by atoms with Crippen molar-refractivity contribution in [2.45, 2.75) is 0 Å². The summed E-state index contributed by atoms with van der Waals surface area (Å²) in [6.07, 6.45) is 0. The SMILES string of the molecule is O=C(N=[N+]=Nc1ccc2snc3c2c1C(=O)c1ccccc1-3)c1ccccc1. The molecule has 1 heterocycles. The van der Waals surface area contributed by atoms with E-state index in [4.69, 9.17) is 0 Å². The van der Waals surface area contributed by atoms with E-state index in [1.807, 2.05) is 30.3 Å². The number of carbonyl (C=O) groups excluding carboxylic acids is 2. The van der Waals surface area contributed by atoms with Crippen molar-refractivity contribution in [1.82, 2.24) is 9.29 Å². The fourth-order valence-electron chi connectivity index (χ4n) is 3.29. The van der Waals surface area contributed by atoms with Crippen molar-refractivity contribution in [3.63, 3.8) is 0 Å². The van der Waals surface area contributed by atoms with Gasteiger partial charge >= 0.3 is 5.91 Å². The number of hydrogen-bond donors (Lipinski definition) is 0. The minimum atomic E-state index is -0.492. The zero-order valence-electron chi connectivity index (χ0n) is 14.4. The molecule has 3 aromatic carbocycles. The molecule has 1 aliphatic rings. The van der Waals surface area contributed by atoms with Crippen molar-refractivity contribution in [2.75, 3.05) is 0 Å². The average molecular weight is 383 g/mol. The van der Waals surface area contributed by atoms with E-state index in [1.54, 1.807) is 36.4 Å². The number of fused-ring (bicyclic) bond motifs is 2. The molecule has 0 atom stereocenters. The van der Waals surface area contributed by atoms with E-state index in [-0.39, 0.29) is 5.78 Å². The van der Waals surface area contributed by atoms with Crippen LogP contribution < -0.4 is 4.91 Å². The van der Waals surface area contributed by atoms with E-state index >= 15 is 0 Å². The van der Waals surface area contributed by atoms with Crippen LogP contribution in [0.3, 0.4) is 0 Å². The Hall–Kier alpha value is -3.80. The van der Waals surface area contributed by atoms with Crippen LogP contribution in [-0.2, 0) is 0 Å². The Labute approximate surface area is 163 Å². The van der Waals surface area contributed by atoms with Gasteiger partial charge in [0.25, 0.3) is 0 Å². The maximum absolute atomic E-state index is 13.1. The fourth-order valence-corrected chi connectivity index (χ4v) is 4.09. The van der Waals surface area contributed by atoms with Crippen LogP contribution in [0.5, 0.6) is 0 Å². The maximum atomic E-state index is 13.1. The molecule has 0 radical (unpaired) electrons. The fraction of sp³-hybridized carbons (Fsp3) is 0. The van der Waals surface area contributed by atoms with Gasteiger partial charge in [-0.15, -0.1) is 0 Å². The van der Waals surface area contributed by atoms with Crippen molar-refractivity contribution >= 4 is 39.0 Å². The van der Waals surface area contributed by atoms with Gasteiger partial charge in [-0.2, -0.15) is 4.37 Å². The summed E-state index contributed by atoms with van der Waals surface area (Å²) in [5, 5.41) is 8.48. The highest BCUT2D eigenvalue weighted by Gasteiger charge is 2.30. The standard InChI is InChI=1S/C21H11N4O2S/c26-20-14-9-5-4-8-13(14)19-18-16(28-24-19)11-10-15(17(18)20)22-25-23-21(27)12-6-2-1-3-7-12/h1-11H/q+1. The van der Waals surface area contributed by atoms with Crippen molar-refractivity contribution in [3.05, 3.63) is 83.4 Å². The zero-order chi connectivity index (χ0) is 19.1. The van der Waals surface area contributed by atoms with Gasteiger partial charge in [-0.25, -0.2) is 0 Å². The largest absolute Gasteiger partial charge is 0.360 e. The molecular weight excluding hydrogens is 372 g/mol. The molecule has 0 spiro atoms. The number of aromatic nitrogens is 1. The summed E-state index contributed by atoms with van der Waals surface area (Å²) in [6.45, 7) is 0. The van der Waals surface area contributed by atoms with Crippen LogP contribution in [0.2, 0.25) is 0 Å². The summed E-state index contributed by atoms with van der Waals surface area (Å²) in [5.74, 6) is -0.620. The van der Waals surface area contributed by atoms with E-state index in [9.17, 15) is 9.59 Å². The van der Waals surface area contributed by atoms with E-state index in [0.717, 1.165) is 21.3 Å². The molecule has 28 heavy (non-hydrogen) atoms. The molecular formula is C21H11N4O2S+. The normalized spacial score (nSPS) is 11.6. The van der Waals surface area contributed by atoms with Crippen LogP contribution in [-0.4, -0.2) is 16.1 Å². The maximum Gasteiger partial charge on any atom is 0.360 e. The van der Waals surface area contributed by atoms with E-state index in [2.05, 4.69) is 19.5 Å². The first-order valence-corrected chi connectivity index (χ1v) is 9.29. The molecule has 0 saturated heterocycles. The number of carbonyl (C=O) groups is 2. The van der Waals surface area contributed by atoms with Gasteiger partial charge in [-0.3, -0.25) is 9.59 Å². The zero-order valence-corrected chi connectivity index (χ0v) is 15.2. The van der Waals surface area contributed by atoms with Crippen molar-refractivity contribution in [1.29, 1.82) is 0 Å². The smallest absolute Gasteiger partial charge is 0.288 e. The Morgan fingerprint density at radius 1 is 0.929 bits per heavy atom. The molecule has 132 valence electrons. The highest BCUT2D eigenvalue weighted by Crippen LogP contribution is 2.43. The van der Waals surface area contributed by atoms with Gasteiger partial charge in [-0.1, -0.05) is 42.5 Å². The number of amides is 1. The Kier molecular flexibility index (Phi) is 3.76. The number of nitrogens with zero attached hydrogens (tertiary/aromatic N) is 4. The lowest BCUT2D eigenvalue weighted by molar-refractivity contribution is 0.0991. The molecule has 6 nitrogen and oxygen atoms in total. The van der Waals surface area contributed by atoms with E-state index in [1.165, 1.54) is 11.5 Å². The van der Waals surface area contributed by atoms with Crippen LogP contribution in [0.4, 0.5) is 5.69 Å². The molecule has 0 aliphatic heterocycles. The third-order valence-corrected chi connectivity index (χ3v) is 5.39. The van der Waals surface area contributed by atoms with E-state index in [0.29, 0.717) is 22.4 Å².